The molecule has 2 N–H and O–H groups in total. The van der Waals surface area contributed by atoms with Gasteiger partial charge in [0.2, 0.25) is 11.8 Å². The summed E-state index contributed by atoms with van der Waals surface area (Å²) in [6, 6.07) is 14.7. The Morgan fingerprint density at radius 3 is 2.51 bits per heavy atom. The lowest BCUT2D eigenvalue weighted by Crippen LogP contribution is -2.56. The Labute approximate surface area is 287 Å². The van der Waals surface area contributed by atoms with Crippen LogP contribution in [-0.2, 0) is 28.7 Å². The molecule has 2 aromatic carbocycles. The number of rotatable bonds is 17. The van der Waals surface area contributed by atoms with Crippen molar-refractivity contribution < 1.29 is 38.5 Å². The molecule has 49 heavy (non-hydrogen) atoms. The summed E-state index contributed by atoms with van der Waals surface area (Å²) in [6.07, 6.45) is 4.43. The van der Waals surface area contributed by atoms with Crippen LogP contribution in [0.3, 0.4) is 0 Å². The molecule has 3 aliphatic rings. The van der Waals surface area contributed by atoms with Crippen molar-refractivity contribution in [3.8, 4) is 5.75 Å². The van der Waals surface area contributed by atoms with Crippen LogP contribution < -0.4 is 15.0 Å². The van der Waals surface area contributed by atoms with Crippen LogP contribution in [0.5, 0.6) is 5.75 Å². The van der Waals surface area contributed by atoms with Gasteiger partial charge in [0.15, 0.2) is 0 Å². The Morgan fingerprint density at radius 2 is 1.86 bits per heavy atom. The van der Waals surface area contributed by atoms with Gasteiger partial charge in [-0.05, 0) is 68.9 Å². The van der Waals surface area contributed by atoms with Crippen molar-refractivity contribution >= 4 is 29.4 Å². The molecule has 1 spiro atoms. The first-order valence-electron chi connectivity index (χ1n) is 17.0. The number of carbonyl (C=O) groups is 4. The van der Waals surface area contributed by atoms with Crippen molar-refractivity contribution in [1.29, 1.82) is 0 Å². The maximum Gasteiger partial charge on any atom is 0.313 e. The van der Waals surface area contributed by atoms with Crippen LogP contribution in [0.2, 0.25) is 0 Å². The lowest BCUT2D eigenvalue weighted by molar-refractivity contribution is -0.162. The molecular formula is C38H47N3O8. The van der Waals surface area contributed by atoms with E-state index in [0.717, 1.165) is 0 Å². The van der Waals surface area contributed by atoms with Gasteiger partial charge in [0, 0.05) is 31.8 Å². The Bertz CT molecular complexity index is 1510. The van der Waals surface area contributed by atoms with Gasteiger partial charge in [-0.15, -0.1) is 13.2 Å². The summed E-state index contributed by atoms with van der Waals surface area (Å²) < 4.78 is 18.2. The molecule has 0 unspecified atom stereocenters. The van der Waals surface area contributed by atoms with Gasteiger partial charge in [-0.3, -0.25) is 19.2 Å². The SMILES string of the molecule is C=CCCC(=O)N[C@@H](C)[C@H](OC(=O)[C@@H]1[C@H]2C(=O)N(CCCCO)[C@H](C(=O)N(CC=C)c3ccc(OC)cc3)[C@]23CC[C@H]1O3)c1ccccc1. The second-order valence-electron chi connectivity index (χ2n) is 12.9. The van der Waals surface area contributed by atoms with Crippen LogP contribution in [-0.4, -0.2) is 84.3 Å². The molecule has 11 heteroatoms. The number of aliphatic hydroxyl groups excluding tert-OH is 1. The molecule has 5 rings (SSSR count). The quantitative estimate of drug-likeness (QED) is 0.146. The summed E-state index contributed by atoms with van der Waals surface area (Å²) >= 11 is 0. The first-order valence-corrected chi connectivity index (χ1v) is 17.0. The number of nitrogens with zero attached hydrogens (tertiary/aromatic N) is 2. The minimum Gasteiger partial charge on any atom is -0.497 e. The normalized spacial score (nSPS) is 24.9. The average molecular weight is 674 g/mol. The van der Waals surface area contributed by atoms with E-state index in [4.69, 9.17) is 14.2 Å². The number of ether oxygens (including phenoxy) is 3. The monoisotopic (exact) mass is 673 g/mol. The highest BCUT2D eigenvalue weighted by atomic mass is 16.6. The fourth-order valence-corrected chi connectivity index (χ4v) is 7.64. The number of carbonyl (C=O) groups excluding carboxylic acids is 4. The van der Waals surface area contributed by atoms with Crippen LogP contribution in [0.4, 0.5) is 5.69 Å². The van der Waals surface area contributed by atoms with Crippen molar-refractivity contribution in [2.45, 2.75) is 75.3 Å². The molecule has 3 heterocycles. The zero-order valence-electron chi connectivity index (χ0n) is 28.3. The van der Waals surface area contributed by atoms with Gasteiger partial charge in [0.05, 0.1) is 31.1 Å². The smallest absolute Gasteiger partial charge is 0.313 e. The van der Waals surface area contributed by atoms with Gasteiger partial charge in [-0.25, -0.2) is 0 Å². The third-order valence-corrected chi connectivity index (χ3v) is 9.86. The maximum atomic E-state index is 14.7. The minimum absolute atomic E-state index is 0.0552. The minimum atomic E-state index is -1.24. The van der Waals surface area contributed by atoms with Gasteiger partial charge in [-0.1, -0.05) is 42.5 Å². The van der Waals surface area contributed by atoms with E-state index < -0.39 is 47.7 Å². The predicted octanol–water partition coefficient (Wildman–Crippen LogP) is 4.12. The van der Waals surface area contributed by atoms with E-state index in [1.807, 2.05) is 30.3 Å². The molecule has 3 fully saturated rings. The summed E-state index contributed by atoms with van der Waals surface area (Å²) in [5.41, 5.74) is 0.0641. The largest absolute Gasteiger partial charge is 0.497 e. The van der Waals surface area contributed by atoms with Gasteiger partial charge < -0.3 is 34.4 Å². The van der Waals surface area contributed by atoms with E-state index in [-0.39, 0.29) is 43.8 Å². The standard InChI is InChI=1S/C38H47N3O8/c1-5-7-15-30(43)39-25(3)33(26-13-9-8-10-14-26)48-37(46)31-29-20-21-38(49-29)32(31)35(44)41(23-11-12-24-42)34(38)36(45)40(22-6-2)27-16-18-28(47-4)19-17-27/h5-6,8-10,13-14,16-19,25,29,31-34,42H,1-2,7,11-12,15,20-24H2,3-4H3,(H,39,43)/t25-,29+,31-,32-,33-,34+,38-/m0/s1. The summed E-state index contributed by atoms with van der Waals surface area (Å²) in [6.45, 7) is 9.66. The first-order chi connectivity index (χ1) is 23.7. The molecule has 7 atom stereocenters. The summed E-state index contributed by atoms with van der Waals surface area (Å²) in [7, 11) is 1.56. The number of likely N-dealkylation sites (tertiary alicyclic amines) is 1. The van der Waals surface area contributed by atoms with Crippen LogP contribution in [0.25, 0.3) is 0 Å². The average Bonchev–Trinajstić information content (AvgIpc) is 3.76. The number of aliphatic hydroxyl groups is 1. The topological polar surface area (TPSA) is 135 Å². The number of hydrogen-bond acceptors (Lipinski definition) is 8. The van der Waals surface area contributed by atoms with Gasteiger partial charge in [-0.2, -0.15) is 0 Å². The predicted molar refractivity (Wildman–Crippen MR) is 183 cm³/mol. The zero-order valence-corrected chi connectivity index (χ0v) is 28.3. The summed E-state index contributed by atoms with van der Waals surface area (Å²) in [5, 5.41) is 12.5. The molecule has 0 aromatic heterocycles. The Hall–Kier alpha value is -4.48. The first kappa shape index (κ1) is 35.8. The van der Waals surface area contributed by atoms with Gasteiger partial charge >= 0.3 is 5.97 Å². The molecule has 3 saturated heterocycles. The van der Waals surface area contributed by atoms with Crippen molar-refractivity contribution in [3.05, 3.63) is 85.5 Å². The number of nitrogens with one attached hydrogen (secondary N) is 1. The Balaban J connectivity index is 1.46. The zero-order chi connectivity index (χ0) is 35.1. The number of anilines is 1. The highest BCUT2D eigenvalue weighted by molar-refractivity contribution is 6.04. The molecule has 3 aliphatic heterocycles. The highest BCUT2D eigenvalue weighted by Crippen LogP contribution is 2.59. The number of amides is 3. The molecule has 0 radical (unpaired) electrons. The van der Waals surface area contributed by atoms with Crippen molar-refractivity contribution in [2.24, 2.45) is 11.8 Å². The van der Waals surface area contributed by atoms with Gasteiger partial charge in [0.25, 0.3) is 5.91 Å². The van der Waals surface area contributed by atoms with Crippen LogP contribution in [0.15, 0.2) is 79.9 Å². The number of fused-ring (bicyclic) bond motifs is 1. The third kappa shape index (κ3) is 7.14. The summed E-state index contributed by atoms with van der Waals surface area (Å²) in [5.74, 6) is -2.71. The Kier molecular flexibility index (Phi) is 11.6. The number of methoxy groups -OCH3 is 1. The molecule has 2 aromatic rings. The third-order valence-electron chi connectivity index (χ3n) is 9.86. The van der Waals surface area contributed by atoms with Crippen LogP contribution in [0, 0.1) is 11.8 Å². The maximum absolute atomic E-state index is 14.7. The molecule has 3 amide bonds. The second-order valence-corrected chi connectivity index (χ2v) is 12.9. The molecule has 262 valence electrons. The van der Waals surface area contributed by atoms with E-state index in [1.165, 1.54) is 0 Å². The molecule has 0 aliphatic carbocycles. The van der Waals surface area contributed by atoms with E-state index in [0.29, 0.717) is 49.1 Å². The van der Waals surface area contributed by atoms with E-state index >= 15 is 0 Å². The molecule has 11 nitrogen and oxygen atoms in total. The van der Waals surface area contributed by atoms with Crippen molar-refractivity contribution in [3.63, 3.8) is 0 Å². The second kappa shape index (κ2) is 15.8. The fourth-order valence-electron chi connectivity index (χ4n) is 7.64. The van der Waals surface area contributed by atoms with E-state index in [2.05, 4.69) is 18.5 Å². The molecular weight excluding hydrogens is 626 g/mol. The van der Waals surface area contributed by atoms with Crippen molar-refractivity contribution in [1.82, 2.24) is 10.2 Å². The Morgan fingerprint density at radius 1 is 1.12 bits per heavy atom. The fraction of sp³-hybridized carbons (Fsp3) is 0.474. The molecule has 0 saturated carbocycles. The molecule has 2 bridgehead atoms. The number of esters is 1. The van der Waals surface area contributed by atoms with E-state index in [9.17, 15) is 24.3 Å². The highest BCUT2D eigenvalue weighted by Gasteiger charge is 2.75. The lowest BCUT2D eigenvalue weighted by Gasteiger charge is -2.37. The van der Waals surface area contributed by atoms with E-state index in [1.54, 1.807) is 60.3 Å². The summed E-state index contributed by atoms with van der Waals surface area (Å²) in [4.78, 5) is 59.1. The van der Waals surface area contributed by atoms with Crippen LogP contribution in [0.1, 0.15) is 57.1 Å². The lowest BCUT2D eigenvalue weighted by atomic mass is 9.70. The number of hydrogen-bond donors (Lipinski definition) is 2. The number of benzene rings is 2. The number of unbranched alkanes of at least 4 members (excludes halogenated alkanes) is 1. The van der Waals surface area contributed by atoms with Gasteiger partial charge in [0.1, 0.15) is 23.5 Å². The van der Waals surface area contributed by atoms with Crippen molar-refractivity contribution in [2.75, 3.05) is 31.7 Å². The number of allylic oxidation sites excluding steroid dienone is 1. The van der Waals surface area contributed by atoms with Crippen LogP contribution >= 0.6 is 0 Å².